The number of ether oxygens (including phenoxy) is 1. The van der Waals surface area contributed by atoms with Crippen LogP contribution in [0.1, 0.15) is 31.4 Å². The molecule has 2 aromatic rings. The summed E-state index contributed by atoms with van der Waals surface area (Å²) in [4.78, 5) is 24.8. The van der Waals surface area contributed by atoms with Gasteiger partial charge in [0, 0.05) is 16.6 Å². The number of nitrogens with zero attached hydrogens (tertiary/aromatic N) is 2. The third-order valence-corrected chi connectivity index (χ3v) is 4.97. The van der Waals surface area contributed by atoms with Crippen LogP contribution in [0.15, 0.2) is 53.6 Å². The lowest BCUT2D eigenvalue weighted by Gasteiger charge is -2.15. The predicted molar refractivity (Wildman–Crippen MR) is 114 cm³/mol. The van der Waals surface area contributed by atoms with Crippen molar-refractivity contribution in [3.8, 4) is 0 Å². The van der Waals surface area contributed by atoms with Gasteiger partial charge in [0.1, 0.15) is 0 Å². The van der Waals surface area contributed by atoms with Gasteiger partial charge in [0.05, 0.1) is 25.3 Å². The summed E-state index contributed by atoms with van der Waals surface area (Å²) in [5.41, 5.74) is 3.39. The molecule has 6 nitrogen and oxygen atoms in total. The summed E-state index contributed by atoms with van der Waals surface area (Å²) in [5, 5.41) is 9.33. The Hall–Kier alpha value is -2.86. The highest BCUT2D eigenvalue weighted by Gasteiger charge is 2.33. The molecular formula is C22H24ClN3O3. The van der Waals surface area contributed by atoms with Gasteiger partial charge in [0.25, 0.3) is 0 Å². The molecule has 1 N–H and O–H groups in total. The van der Waals surface area contributed by atoms with Crippen molar-refractivity contribution in [1.82, 2.24) is 5.01 Å². The average Bonchev–Trinajstić information content (AvgIpc) is 3.13. The van der Waals surface area contributed by atoms with Gasteiger partial charge in [-0.05, 0) is 48.7 Å². The number of hydrogen-bond acceptors (Lipinski definition) is 4. The van der Waals surface area contributed by atoms with Gasteiger partial charge in [0.2, 0.25) is 0 Å². The first-order chi connectivity index (χ1) is 14.0. The number of nitrogens with one attached hydrogen (secondary N) is 1. The summed E-state index contributed by atoms with van der Waals surface area (Å²) in [7, 11) is 0. The van der Waals surface area contributed by atoms with Crippen molar-refractivity contribution in [2.75, 3.05) is 18.5 Å². The summed E-state index contributed by atoms with van der Waals surface area (Å²) in [6, 6.07) is 14.6. The Morgan fingerprint density at radius 1 is 1.14 bits per heavy atom. The number of urea groups is 1. The lowest BCUT2D eigenvalue weighted by Crippen LogP contribution is -2.31. The van der Waals surface area contributed by atoms with Crippen molar-refractivity contribution >= 4 is 35.0 Å². The first-order valence-electron chi connectivity index (χ1n) is 9.67. The molecule has 0 radical (unpaired) electrons. The number of amides is 2. The quantitative estimate of drug-likeness (QED) is 0.696. The molecule has 152 valence electrons. The van der Waals surface area contributed by atoms with Crippen molar-refractivity contribution in [2.45, 2.75) is 26.7 Å². The minimum absolute atomic E-state index is 0.157. The lowest BCUT2D eigenvalue weighted by atomic mass is 9.94. The third-order valence-electron chi connectivity index (χ3n) is 4.71. The van der Waals surface area contributed by atoms with E-state index in [1.807, 2.05) is 36.4 Å². The first-order valence-corrected chi connectivity index (χ1v) is 10.1. The van der Waals surface area contributed by atoms with Crippen LogP contribution in [0, 0.1) is 5.92 Å². The molecule has 0 bridgehead atoms. The second-order valence-corrected chi connectivity index (χ2v) is 7.20. The number of rotatable bonds is 6. The zero-order valence-corrected chi connectivity index (χ0v) is 17.3. The second-order valence-electron chi connectivity index (χ2n) is 6.76. The fourth-order valence-corrected chi connectivity index (χ4v) is 3.31. The number of halogens is 1. The van der Waals surface area contributed by atoms with Gasteiger partial charge in [-0.25, -0.2) is 9.80 Å². The van der Waals surface area contributed by atoms with E-state index < -0.39 is 0 Å². The van der Waals surface area contributed by atoms with Crippen LogP contribution < -0.4 is 5.32 Å². The lowest BCUT2D eigenvalue weighted by molar-refractivity contribution is -0.143. The molecule has 0 aromatic heterocycles. The molecule has 1 atom stereocenters. The van der Waals surface area contributed by atoms with E-state index in [0.29, 0.717) is 29.6 Å². The minimum Gasteiger partial charge on any atom is -0.466 e. The third kappa shape index (κ3) is 5.35. The molecule has 1 aliphatic rings. The predicted octanol–water partition coefficient (Wildman–Crippen LogP) is 4.72. The van der Waals surface area contributed by atoms with Crippen molar-refractivity contribution < 1.29 is 14.3 Å². The highest BCUT2D eigenvalue weighted by atomic mass is 35.5. The highest BCUT2D eigenvalue weighted by Crippen LogP contribution is 2.25. The molecule has 3 rings (SSSR count). The largest absolute Gasteiger partial charge is 0.466 e. The number of aryl methyl sites for hydroxylation is 1. The fraction of sp³-hybridized carbons (Fsp3) is 0.318. The molecule has 0 saturated carbocycles. The summed E-state index contributed by atoms with van der Waals surface area (Å²) in [6.45, 7) is 4.46. The van der Waals surface area contributed by atoms with Crippen LogP contribution in [0.4, 0.5) is 10.5 Å². The molecule has 2 amide bonds. The van der Waals surface area contributed by atoms with Crippen LogP contribution in [0.25, 0.3) is 0 Å². The van der Waals surface area contributed by atoms with E-state index in [2.05, 4.69) is 17.3 Å². The number of hydrazone groups is 1. The molecule has 0 fully saturated rings. The van der Waals surface area contributed by atoms with Gasteiger partial charge in [-0.2, -0.15) is 5.10 Å². The van der Waals surface area contributed by atoms with E-state index in [0.717, 1.165) is 12.0 Å². The van der Waals surface area contributed by atoms with Crippen molar-refractivity contribution in [3.05, 3.63) is 64.7 Å². The molecule has 2 aromatic carbocycles. The molecule has 0 saturated heterocycles. The standard InChI is InChI=1S/C22H24ClN3O3/c1-3-15-5-11-19(12-6-15)24-22(28)26-14-17(13-20(27)29-4-2)21(25-26)16-7-9-18(23)10-8-16/h5-12,17H,3-4,13-14H2,1-2H3,(H,24,28). The topological polar surface area (TPSA) is 71.0 Å². The minimum atomic E-state index is -0.341. The van der Waals surface area contributed by atoms with Crippen molar-refractivity contribution in [3.63, 3.8) is 0 Å². The summed E-state index contributed by atoms with van der Waals surface area (Å²) >= 11 is 5.98. The number of carbonyl (C=O) groups is 2. The van der Waals surface area contributed by atoms with E-state index in [9.17, 15) is 9.59 Å². The Bertz CT molecular complexity index is 895. The molecule has 1 aliphatic heterocycles. The molecule has 0 spiro atoms. The Balaban J connectivity index is 1.78. The van der Waals surface area contributed by atoms with E-state index in [4.69, 9.17) is 16.3 Å². The maximum absolute atomic E-state index is 12.7. The van der Waals surface area contributed by atoms with Crippen LogP contribution in [-0.2, 0) is 16.0 Å². The first kappa shape index (κ1) is 20.9. The maximum atomic E-state index is 12.7. The van der Waals surface area contributed by atoms with Gasteiger partial charge in [-0.1, -0.05) is 42.8 Å². The SMILES string of the molecule is CCOC(=O)CC1CN(C(=O)Nc2ccc(CC)cc2)N=C1c1ccc(Cl)cc1. The van der Waals surface area contributed by atoms with Crippen molar-refractivity contribution in [2.24, 2.45) is 11.0 Å². The van der Waals surface area contributed by atoms with Crippen LogP contribution in [0.5, 0.6) is 0 Å². The second kappa shape index (κ2) is 9.56. The zero-order valence-electron chi connectivity index (χ0n) is 16.5. The maximum Gasteiger partial charge on any atom is 0.342 e. The van der Waals surface area contributed by atoms with E-state index in [1.165, 1.54) is 10.6 Å². The van der Waals surface area contributed by atoms with Gasteiger partial charge in [0.15, 0.2) is 0 Å². The van der Waals surface area contributed by atoms with Crippen LogP contribution >= 0.6 is 11.6 Å². The normalized spacial score (nSPS) is 15.8. The van der Waals surface area contributed by atoms with Crippen LogP contribution in [-0.4, -0.2) is 35.9 Å². The molecule has 1 heterocycles. The van der Waals surface area contributed by atoms with Gasteiger partial charge in [-0.15, -0.1) is 0 Å². The molecule has 0 aliphatic carbocycles. The Morgan fingerprint density at radius 2 is 1.83 bits per heavy atom. The van der Waals surface area contributed by atoms with E-state index >= 15 is 0 Å². The van der Waals surface area contributed by atoms with Gasteiger partial charge < -0.3 is 10.1 Å². The molecular weight excluding hydrogens is 390 g/mol. The summed E-state index contributed by atoms with van der Waals surface area (Å²) in [6.07, 6.45) is 1.09. The Labute approximate surface area is 175 Å². The van der Waals surface area contributed by atoms with Gasteiger partial charge >= 0.3 is 12.0 Å². The van der Waals surface area contributed by atoms with E-state index in [-0.39, 0.29) is 24.3 Å². The number of esters is 1. The van der Waals surface area contributed by atoms with Gasteiger partial charge in [-0.3, -0.25) is 4.79 Å². The Morgan fingerprint density at radius 3 is 2.45 bits per heavy atom. The number of benzene rings is 2. The van der Waals surface area contributed by atoms with Crippen LogP contribution in [0.2, 0.25) is 5.02 Å². The monoisotopic (exact) mass is 413 g/mol. The van der Waals surface area contributed by atoms with E-state index in [1.54, 1.807) is 19.1 Å². The van der Waals surface area contributed by atoms with Crippen LogP contribution in [0.3, 0.4) is 0 Å². The number of carbonyl (C=O) groups excluding carboxylic acids is 2. The highest BCUT2D eigenvalue weighted by molar-refractivity contribution is 6.30. The summed E-state index contributed by atoms with van der Waals surface area (Å²) < 4.78 is 5.09. The number of hydrogen-bond donors (Lipinski definition) is 1. The fourth-order valence-electron chi connectivity index (χ4n) is 3.18. The number of anilines is 1. The Kier molecular flexibility index (Phi) is 6.88. The summed E-state index contributed by atoms with van der Waals surface area (Å²) in [5.74, 6) is -0.556. The zero-order chi connectivity index (χ0) is 20.8. The molecule has 1 unspecified atom stereocenters. The average molecular weight is 414 g/mol. The molecule has 29 heavy (non-hydrogen) atoms. The van der Waals surface area contributed by atoms with Crippen molar-refractivity contribution in [1.29, 1.82) is 0 Å². The molecule has 7 heteroatoms. The smallest absolute Gasteiger partial charge is 0.342 e.